The van der Waals surface area contributed by atoms with Crippen molar-refractivity contribution >= 4 is 17.7 Å². The van der Waals surface area contributed by atoms with Gasteiger partial charge in [-0.25, -0.2) is 4.68 Å². The summed E-state index contributed by atoms with van der Waals surface area (Å²) in [5.41, 5.74) is 5.55. The Balaban J connectivity index is 1.30. The highest BCUT2D eigenvalue weighted by Crippen LogP contribution is 2.24. The Kier molecular flexibility index (Phi) is 6.70. The fourth-order valence-corrected chi connectivity index (χ4v) is 4.26. The number of nitrogens with zero attached hydrogens (tertiary/aromatic N) is 5. The number of aryl methyl sites for hydroxylation is 3. The lowest BCUT2D eigenvalue weighted by Crippen LogP contribution is -2.27. The van der Waals surface area contributed by atoms with Gasteiger partial charge in [0, 0.05) is 18.9 Å². The second-order valence-corrected chi connectivity index (χ2v) is 8.60. The van der Waals surface area contributed by atoms with Crippen LogP contribution in [0.15, 0.2) is 66.1 Å². The molecule has 32 heavy (non-hydrogen) atoms. The number of rotatable bonds is 8. The summed E-state index contributed by atoms with van der Waals surface area (Å²) in [4.78, 5) is 12.4. The predicted octanol–water partition coefficient (Wildman–Crippen LogP) is 3.83. The molecule has 0 saturated carbocycles. The molecule has 1 amide bonds. The van der Waals surface area contributed by atoms with Crippen LogP contribution in [0.25, 0.3) is 11.4 Å². The van der Waals surface area contributed by atoms with E-state index in [1.54, 1.807) is 6.20 Å². The van der Waals surface area contributed by atoms with Crippen LogP contribution in [-0.4, -0.2) is 42.7 Å². The molecule has 0 aliphatic rings. The van der Waals surface area contributed by atoms with E-state index in [0.29, 0.717) is 12.3 Å². The highest BCUT2D eigenvalue weighted by Gasteiger charge is 2.15. The van der Waals surface area contributed by atoms with Gasteiger partial charge in [-0.05, 0) is 68.1 Å². The van der Waals surface area contributed by atoms with Crippen molar-refractivity contribution in [1.29, 1.82) is 0 Å². The molecule has 0 unspecified atom stereocenters. The first-order valence-electron chi connectivity index (χ1n) is 10.5. The van der Waals surface area contributed by atoms with Crippen LogP contribution in [0, 0.1) is 20.8 Å². The highest BCUT2D eigenvalue weighted by molar-refractivity contribution is 7.99. The van der Waals surface area contributed by atoms with E-state index in [1.807, 2.05) is 40.6 Å². The third-order valence-corrected chi connectivity index (χ3v) is 6.10. The third-order valence-electron chi connectivity index (χ3n) is 5.17. The molecule has 0 spiro atoms. The van der Waals surface area contributed by atoms with E-state index in [9.17, 15) is 4.79 Å². The minimum Gasteiger partial charge on any atom is -0.355 e. The van der Waals surface area contributed by atoms with E-state index < -0.39 is 0 Å². The fraction of sp³-hybridized carbons (Fsp3) is 0.250. The molecule has 0 aliphatic carbocycles. The van der Waals surface area contributed by atoms with Gasteiger partial charge in [-0.15, -0.1) is 10.2 Å². The van der Waals surface area contributed by atoms with Crippen LogP contribution in [0.5, 0.6) is 0 Å². The SMILES string of the molecule is Cc1ccc(C)c(-n2c(C)nnc2SCC(=O)NCCc2ccc(-n3cccn3)cc2)c1. The predicted molar refractivity (Wildman–Crippen MR) is 127 cm³/mol. The van der Waals surface area contributed by atoms with Crippen molar-refractivity contribution in [3.05, 3.63) is 83.4 Å². The molecule has 0 fully saturated rings. The lowest BCUT2D eigenvalue weighted by Gasteiger charge is -2.12. The molecule has 164 valence electrons. The van der Waals surface area contributed by atoms with Crippen molar-refractivity contribution in [2.75, 3.05) is 12.3 Å². The van der Waals surface area contributed by atoms with Gasteiger partial charge in [0.1, 0.15) is 5.82 Å². The lowest BCUT2D eigenvalue weighted by molar-refractivity contribution is -0.118. The smallest absolute Gasteiger partial charge is 0.230 e. The van der Waals surface area contributed by atoms with Crippen molar-refractivity contribution in [3.8, 4) is 11.4 Å². The normalized spacial score (nSPS) is 11.0. The molecule has 7 nitrogen and oxygen atoms in total. The minimum absolute atomic E-state index is 0.0173. The summed E-state index contributed by atoms with van der Waals surface area (Å²) >= 11 is 1.40. The number of nitrogens with one attached hydrogen (secondary N) is 1. The molecule has 4 aromatic rings. The molecule has 2 aromatic carbocycles. The quantitative estimate of drug-likeness (QED) is 0.416. The summed E-state index contributed by atoms with van der Waals surface area (Å²) in [5.74, 6) is 1.08. The zero-order valence-corrected chi connectivity index (χ0v) is 19.3. The summed E-state index contributed by atoms with van der Waals surface area (Å²) in [6.07, 6.45) is 4.44. The maximum absolute atomic E-state index is 12.4. The summed E-state index contributed by atoms with van der Waals surface area (Å²) < 4.78 is 3.84. The van der Waals surface area contributed by atoms with Crippen molar-refractivity contribution < 1.29 is 4.79 Å². The van der Waals surface area contributed by atoms with Gasteiger partial charge < -0.3 is 5.32 Å². The van der Waals surface area contributed by atoms with Crippen molar-refractivity contribution in [1.82, 2.24) is 29.9 Å². The van der Waals surface area contributed by atoms with Gasteiger partial charge in [-0.2, -0.15) is 5.10 Å². The Morgan fingerprint density at radius 1 is 1.06 bits per heavy atom. The zero-order valence-electron chi connectivity index (χ0n) is 18.4. The van der Waals surface area contributed by atoms with Crippen LogP contribution >= 0.6 is 11.8 Å². The summed E-state index contributed by atoms with van der Waals surface area (Å²) in [6.45, 7) is 6.64. The summed E-state index contributed by atoms with van der Waals surface area (Å²) in [5, 5.41) is 16.5. The van der Waals surface area contributed by atoms with Crippen molar-refractivity contribution in [2.45, 2.75) is 32.3 Å². The number of carbonyl (C=O) groups is 1. The number of hydrogen-bond acceptors (Lipinski definition) is 5. The molecule has 0 radical (unpaired) electrons. The Morgan fingerprint density at radius 3 is 2.62 bits per heavy atom. The number of thioether (sulfide) groups is 1. The van der Waals surface area contributed by atoms with E-state index in [1.165, 1.54) is 22.9 Å². The molecule has 0 bridgehead atoms. The molecular formula is C24H26N6OS. The van der Waals surface area contributed by atoms with Crippen LogP contribution in [0.3, 0.4) is 0 Å². The average molecular weight is 447 g/mol. The van der Waals surface area contributed by atoms with Gasteiger partial charge in [-0.1, -0.05) is 36.0 Å². The molecular weight excluding hydrogens is 420 g/mol. The number of aromatic nitrogens is 5. The number of benzene rings is 2. The maximum Gasteiger partial charge on any atom is 0.230 e. The Hall–Kier alpha value is -3.39. The maximum atomic E-state index is 12.4. The third kappa shape index (κ3) is 5.08. The molecule has 0 aliphatic heterocycles. The molecule has 0 atom stereocenters. The Labute approximate surface area is 191 Å². The topological polar surface area (TPSA) is 77.6 Å². The van der Waals surface area contributed by atoms with Crippen LogP contribution in [-0.2, 0) is 11.2 Å². The molecule has 1 N–H and O–H groups in total. The average Bonchev–Trinajstić information content (AvgIpc) is 3.45. The van der Waals surface area contributed by atoms with E-state index in [2.05, 4.69) is 64.8 Å². The van der Waals surface area contributed by atoms with E-state index in [0.717, 1.165) is 34.3 Å². The monoisotopic (exact) mass is 446 g/mol. The first-order valence-corrected chi connectivity index (χ1v) is 11.5. The standard InChI is InChI=1S/C24H26N6OS/c1-17-5-6-18(2)22(15-17)30-19(3)27-28-24(30)32-16-23(31)25-13-11-20-7-9-21(10-8-20)29-14-4-12-26-29/h4-10,12,14-15H,11,13,16H2,1-3H3,(H,25,31). The largest absolute Gasteiger partial charge is 0.355 e. The van der Waals surface area contributed by atoms with Gasteiger partial charge >= 0.3 is 0 Å². The van der Waals surface area contributed by atoms with Crippen LogP contribution < -0.4 is 5.32 Å². The lowest BCUT2D eigenvalue weighted by atomic mass is 10.1. The molecule has 8 heteroatoms. The molecule has 2 heterocycles. The Morgan fingerprint density at radius 2 is 1.88 bits per heavy atom. The van der Waals surface area contributed by atoms with E-state index >= 15 is 0 Å². The first-order chi connectivity index (χ1) is 15.5. The summed E-state index contributed by atoms with van der Waals surface area (Å²) in [7, 11) is 0. The summed E-state index contributed by atoms with van der Waals surface area (Å²) in [6, 6.07) is 16.4. The van der Waals surface area contributed by atoms with E-state index in [-0.39, 0.29) is 5.91 Å². The van der Waals surface area contributed by atoms with Crippen LogP contribution in [0.2, 0.25) is 0 Å². The second kappa shape index (κ2) is 9.82. The van der Waals surface area contributed by atoms with Crippen molar-refractivity contribution in [3.63, 3.8) is 0 Å². The number of amides is 1. The molecule has 4 rings (SSSR count). The van der Waals surface area contributed by atoms with Gasteiger partial charge in [0.15, 0.2) is 5.16 Å². The fourth-order valence-electron chi connectivity index (χ4n) is 3.44. The molecule has 0 saturated heterocycles. The van der Waals surface area contributed by atoms with Gasteiger partial charge in [0.2, 0.25) is 5.91 Å². The van der Waals surface area contributed by atoms with Crippen molar-refractivity contribution in [2.24, 2.45) is 0 Å². The second-order valence-electron chi connectivity index (χ2n) is 7.66. The van der Waals surface area contributed by atoms with Gasteiger partial charge in [-0.3, -0.25) is 9.36 Å². The van der Waals surface area contributed by atoms with Crippen LogP contribution in [0.4, 0.5) is 0 Å². The van der Waals surface area contributed by atoms with Gasteiger partial charge in [0.25, 0.3) is 0 Å². The molecule has 2 aromatic heterocycles. The van der Waals surface area contributed by atoms with Crippen LogP contribution in [0.1, 0.15) is 22.5 Å². The van der Waals surface area contributed by atoms with Gasteiger partial charge in [0.05, 0.1) is 17.1 Å². The highest BCUT2D eigenvalue weighted by atomic mass is 32.2. The number of carbonyl (C=O) groups excluding carboxylic acids is 1. The van der Waals surface area contributed by atoms with E-state index in [4.69, 9.17) is 0 Å². The first kappa shape index (κ1) is 21.8. The minimum atomic E-state index is -0.0173. The number of hydrogen-bond donors (Lipinski definition) is 1. The zero-order chi connectivity index (χ0) is 22.5. The Bertz CT molecular complexity index is 1200.